The van der Waals surface area contributed by atoms with Crippen molar-refractivity contribution in [3.05, 3.63) is 59.7 Å². The first-order valence-electron chi connectivity index (χ1n) is 11.6. The molecule has 0 saturated heterocycles. The molecule has 2 aliphatic rings. The SMILES string of the molecule is O=C(CC1(CNC(=O)OCC2c3ccccc3-c3ccccc32)CCC1)NC(CCO)C(=O)O. The summed E-state index contributed by atoms with van der Waals surface area (Å²) in [5.74, 6) is -1.60. The summed E-state index contributed by atoms with van der Waals surface area (Å²) in [4.78, 5) is 36.2. The Balaban J connectivity index is 1.31. The summed E-state index contributed by atoms with van der Waals surface area (Å²) >= 11 is 0. The van der Waals surface area contributed by atoms with Crippen LogP contribution in [-0.2, 0) is 14.3 Å². The second kappa shape index (κ2) is 10.3. The summed E-state index contributed by atoms with van der Waals surface area (Å²) in [6.45, 7) is 0.176. The predicted molar refractivity (Wildman–Crippen MR) is 125 cm³/mol. The van der Waals surface area contributed by atoms with Crippen molar-refractivity contribution >= 4 is 18.0 Å². The molecule has 0 bridgehead atoms. The standard InChI is InChI=1S/C26H30N2O6/c29-13-10-22(24(31)32)28-23(30)14-26(11-5-12-26)16-27-25(33)34-15-21-19-8-3-1-6-17(19)18-7-2-4-9-20(18)21/h1-4,6-9,21-22,29H,5,10-16H2,(H,27,33)(H,28,30)(H,31,32). The average molecular weight is 467 g/mol. The second-order valence-electron chi connectivity index (χ2n) is 9.18. The largest absolute Gasteiger partial charge is 0.480 e. The normalized spacial score (nSPS) is 16.5. The number of carboxylic acids is 1. The molecular formula is C26H30N2O6. The van der Waals surface area contributed by atoms with Gasteiger partial charge in [-0.2, -0.15) is 0 Å². The van der Waals surface area contributed by atoms with Crippen molar-refractivity contribution in [1.82, 2.24) is 10.6 Å². The van der Waals surface area contributed by atoms with Gasteiger partial charge in [-0.15, -0.1) is 0 Å². The van der Waals surface area contributed by atoms with Crippen LogP contribution in [0, 0.1) is 5.41 Å². The molecule has 8 heteroatoms. The van der Waals surface area contributed by atoms with E-state index in [1.165, 1.54) is 0 Å². The van der Waals surface area contributed by atoms with Crippen LogP contribution in [0.3, 0.4) is 0 Å². The Bertz CT molecular complexity index is 1020. The summed E-state index contributed by atoms with van der Waals surface area (Å²) in [5, 5.41) is 23.4. The number of aliphatic hydroxyl groups is 1. The van der Waals surface area contributed by atoms with Crippen LogP contribution in [0.2, 0.25) is 0 Å². The van der Waals surface area contributed by atoms with E-state index in [1.807, 2.05) is 24.3 Å². The first-order valence-corrected chi connectivity index (χ1v) is 11.6. The number of carboxylic acid groups (broad SMARTS) is 1. The van der Waals surface area contributed by atoms with Crippen molar-refractivity contribution in [3.8, 4) is 11.1 Å². The highest BCUT2D eigenvalue weighted by molar-refractivity contribution is 5.84. The van der Waals surface area contributed by atoms with E-state index in [0.29, 0.717) is 0 Å². The van der Waals surface area contributed by atoms with Gasteiger partial charge in [-0.05, 0) is 40.5 Å². The highest BCUT2D eigenvalue weighted by Crippen LogP contribution is 2.45. The Labute approximate surface area is 198 Å². The lowest BCUT2D eigenvalue weighted by Crippen LogP contribution is -2.48. The van der Waals surface area contributed by atoms with Crippen LogP contribution >= 0.6 is 0 Å². The minimum atomic E-state index is -1.18. The van der Waals surface area contributed by atoms with Gasteiger partial charge < -0.3 is 25.6 Å². The number of benzene rings is 2. The molecule has 0 radical (unpaired) electrons. The number of carbonyl (C=O) groups excluding carboxylic acids is 2. The van der Waals surface area contributed by atoms with E-state index in [-0.39, 0.29) is 38.5 Å². The number of aliphatic hydroxyl groups excluding tert-OH is 1. The number of hydrogen-bond donors (Lipinski definition) is 4. The lowest BCUT2D eigenvalue weighted by molar-refractivity contribution is -0.142. The molecule has 1 saturated carbocycles. The van der Waals surface area contributed by atoms with Gasteiger partial charge in [0.05, 0.1) is 0 Å². The highest BCUT2D eigenvalue weighted by Gasteiger charge is 2.40. The van der Waals surface area contributed by atoms with Gasteiger partial charge in [0.2, 0.25) is 5.91 Å². The molecule has 180 valence electrons. The van der Waals surface area contributed by atoms with E-state index in [9.17, 15) is 19.5 Å². The first-order chi connectivity index (χ1) is 16.4. The molecule has 2 amide bonds. The van der Waals surface area contributed by atoms with Crippen LogP contribution in [0.1, 0.15) is 49.1 Å². The first kappa shape index (κ1) is 23.8. The second-order valence-corrected chi connectivity index (χ2v) is 9.18. The minimum absolute atomic E-state index is 0.0268. The minimum Gasteiger partial charge on any atom is -0.480 e. The van der Waals surface area contributed by atoms with Gasteiger partial charge in [-0.1, -0.05) is 55.0 Å². The number of fused-ring (bicyclic) bond motifs is 3. The van der Waals surface area contributed by atoms with Crippen molar-refractivity contribution in [2.24, 2.45) is 5.41 Å². The molecule has 4 rings (SSSR count). The van der Waals surface area contributed by atoms with Gasteiger partial charge in [-0.3, -0.25) is 4.79 Å². The average Bonchev–Trinajstić information content (AvgIpc) is 3.12. The molecule has 2 aromatic rings. The topological polar surface area (TPSA) is 125 Å². The summed E-state index contributed by atoms with van der Waals surface area (Å²) < 4.78 is 5.58. The Morgan fingerprint density at radius 1 is 1.03 bits per heavy atom. The third kappa shape index (κ3) is 5.07. The van der Waals surface area contributed by atoms with Crippen molar-refractivity contribution < 1.29 is 29.3 Å². The lowest BCUT2D eigenvalue weighted by Gasteiger charge is -2.41. The number of nitrogens with one attached hydrogen (secondary N) is 2. The fraction of sp³-hybridized carbons (Fsp3) is 0.423. The van der Waals surface area contributed by atoms with E-state index in [1.54, 1.807) is 0 Å². The molecule has 0 spiro atoms. The zero-order valence-electron chi connectivity index (χ0n) is 19.0. The van der Waals surface area contributed by atoms with E-state index < -0.39 is 29.4 Å². The molecule has 1 unspecified atom stereocenters. The summed E-state index contributed by atoms with van der Waals surface area (Å²) in [6.07, 6.45) is 2.01. The molecule has 1 atom stereocenters. The molecule has 1 fully saturated rings. The van der Waals surface area contributed by atoms with E-state index in [4.69, 9.17) is 9.84 Å². The Morgan fingerprint density at radius 2 is 1.65 bits per heavy atom. The Kier molecular flexibility index (Phi) is 7.17. The van der Waals surface area contributed by atoms with Crippen LogP contribution < -0.4 is 10.6 Å². The Morgan fingerprint density at radius 3 is 2.18 bits per heavy atom. The maximum absolute atomic E-state index is 12.5. The van der Waals surface area contributed by atoms with Crippen LogP contribution in [0.4, 0.5) is 4.79 Å². The van der Waals surface area contributed by atoms with Crippen molar-refractivity contribution in [3.63, 3.8) is 0 Å². The van der Waals surface area contributed by atoms with Gasteiger partial charge >= 0.3 is 12.1 Å². The molecule has 0 aliphatic heterocycles. The van der Waals surface area contributed by atoms with Gasteiger partial charge in [0.25, 0.3) is 0 Å². The van der Waals surface area contributed by atoms with E-state index in [0.717, 1.165) is 41.5 Å². The fourth-order valence-corrected chi connectivity index (χ4v) is 4.97. The quantitative estimate of drug-likeness (QED) is 0.427. The highest BCUT2D eigenvalue weighted by atomic mass is 16.5. The summed E-state index contributed by atoms with van der Waals surface area (Å²) in [5.41, 5.74) is 4.19. The van der Waals surface area contributed by atoms with Crippen molar-refractivity contribution in [2.75, 3.05) is 19.8 Å². The fourth-order valence-electron chi connectivity index (χ4n) is 4.97. The molecule has 2 aromatic carbocycles. The van der Waals surface area contributed by atoms with Crippen LogP contribution in [0.25, 0.3) is 11.1 Å². The van der Waals surface area contributed by atoms with Crippen molar-refractivity contribution in [2.45, 2.75) is 44.1 Å². The van der Waals surface area contributed by atoms with Crippen molar-refractivity contribution in [1.29, 1.82) is 0 Å². The van der Waals surface area contributed by atoms with Gasteiger partial charge in [-0.25, -0.2) is 9.59 Å². The molecule has 0 aromatic heterocycles. The van der Waals surface area contributed by atoms with E-state index >= 15 is 0 Å². The number of alkyl carbamates (subject to hydrolysis) is 1. The third-order valence-electron chi connectivity index (χ3n) is 6.95. The summed E-state index contributed by atoms with van der Waals surface area (Å²) in [6, 6.07) is 15.1. The third-order valence-corrected chi connectivity index (χ3v) is 6.95. The Hall–Kier alpha value is -3.39. The number of carbonyl (C=O) groups is 3. The smallest absolute Gasteiger partial charge is 0.407 e. The predicted octanol–water partition coefficient (Wildman–Crippen LogP) is 3.04. The van der Waals surface area contributed by atoms with E-state index in [2.05, 4.69) is 34.9 Å². The zero-order chi connectivity index (χ0) is 24.1. The number of aliphatic carboxylic acids is 1. The lowest BCUT2D eigenvalue weighted by atomic mass is 9.66. The van der Waals surface area contributed by atoms with Gasteiger partial charge in [0.1, 0.15) is 12.6 Å². The molecule has 0 heterocycles. The molecule has 8 nitrogen and oxygen atoms in total. The number of hydrogen-bond acceptors (Lipinski definition) is 5. The number of amides is 2. The molecule has 4 N–H and O–H groups in total. The molecule has 2 aliphatic carbocycles. The monoisotopic (exact) mass is 466 g/mol. The maximum atomic E-state index is 12.5. The van der Waals surface area contributed by atoms with Crippen LogP contribution in [0.5, 0.6) is 0 Å². The maximum Gasteiger partial charge on any atom is 0.407 e. The zero-order valence-corrected chi connectivity index (χ0v) is 19.0. The number of ether oxygens (including phenoxy) is 1. The van der Waals surface area contributed by atoms with Gasteiger partial charge in [0.15, 0.2) is 0 Å². The van der Waals surface area contributed by atoms with Crippen LogP contribution in [0.15, 0.2) is 48.5 Å². The molecular weight excluding hydrogens is 436 g/mol. The number of rotatable bonds is 10. The summed E-state index contributed by atoms with van der Waals surface area (Å²) in [7, 11) is 0. The molecule has 34 heavy (non-hydrogen) atoms. The van der Waals surface area contributed by atoms with Crippen LogP contribution in [-0.4, -0.2) is 54.0 Å². The van der Waals surface area contributed by atoms with Gasteiger partial charge in [0, 0.05) is 31.9 Å².